The molecule has 1 aliphatic rings. The van der Waals surface area contributed by atoms with E-state index in [4.69, 9.17) is 14.6 Å². The minimum atomic E-state index is -1.26. The van der Waals surface area contributed by atoms with Gasteiger partial charge in [-0.1, -0.05) is 69.3 Å². The molecule has 0 radical (unpaired) electrons. The van der Waals surface area contributed by atoms with Crippen molar-refractivity contribution in [3.05, 3.63) is 71.8 Å². The van der Waals surface area contributed by atoms with E-state index in [2.05, 4.69) is 11.4 Å². The van der Waals surface area contributed by atoms with Crippen molar-refractivity contribution >= 4 is 29.2 Å². The monoisotopic (exact) mass is 543 g/mol. The summed E-state index contributed by atoms with van der Waals surface area (Å²) in [5.41, 5.74) is 2.83. The first kappa shape index (κ1) is 28.8. The molecule has 210 valence electrons. The molecule has 4 rings (SSSR count). The average molecular weight is 544 g/mol. The van der Waals surface area contributed by atoms with Crippen LogP contribution in [0.2, 0.25) is 0 Å². The van der Waals surface area contributed by atoms with E-state index in [9.17, 15) is 14.4 Å². The van der Waals surface area contributed by atoms with Gasteiger partial charge in [-0.3, -0.25) is 14.4 Å². The van der Waals surface area contributed by atoms with Crippen molar-refractivity contribution in [2.24, 2.45) is 5.41 Å². The third-order valence-electron chi connectivity index (χ3n) is 6.85. The predicted octanol–water partition coefficient (Wildman–Crippen LogP) is 6.49. The van der Waals surface area contributed by atoms with Crippen LogP contribution < -0.4 is 10.1 Å². The molecule has 0 aliphatic heterocycles. The molecule has 1 atom stereocenters. The Bertz CT molecular complexity index is 1400. The first-order valence-corrected chi connectivity index (χ1v) is 13.7. The number of carbonyl (C=O) groups excluding carboxylic acids is 3. The SMILES string of the molecule is CCOC(=O)C(C(=O)Nc1c(C2=CCCCC2)c(-c2ccccc2)nn1C(=O)C(C)(C)C)c1ccc(OC)cc1. The normalized spacial score (nSPS) is 14.2. The zero-order valence-corrected chi connectivity index (χ0v) is 23.8. The number of amides is 1. The van der Waals surface area contributed by atoms with Gasteiger partial charge < -0.3 is 14.8 Å². The van der Waals surface area contributed by atoms with Gasteiger partial charge in [-0.25, -0.2) is 0 Å². The van der Waals surface area contributed by atoms with Crippen LogP contribution in [0.3, 0.4) is 0 Å². The van der Waals surface area contributed by atoms with Gasteiger partial charge >= 0.3 is 5.97 Å². The van der Waals surface area contributed by atoms with E-state index in [0.29, 0.717) is 22.6 Å². The maximum Gasteiger partial charge on any atom is 0.323 e. The van der Waals surface area contributed by atoms with E-state index in [1.807, 2.05) is 51.1 Å². The second-order valence-electron chi connectivity index (χ2n) is 10.8. The summed E-state index contributed by atoms with van der Waals surface area (Å²) in [6.45, 7) is 7.24. The molecule has 1 amide bonds. The maximum absolute atomic E-state index is 14.0. The van der Waals surface area contributed by atoms with Gasteiger partial charge in [-0.05, 0) is 55.9 Å². The summed E-state index contributed by atoms with van der Waals surface area (Å²) in [5, 5.41) is 7.74. The molecule has 0 spiro atoms. The number of rotatable bonds is 8. The van der Waals surface area contributed by atoms with Crippen LogP contribution in [0.1, 0.15) is 75.2 Å². The fourth-order valence-corrected chi connectivity index (χ4v) is 4.77. The third-order valence-corrected chi connectivity index (χ3v) is 6.85. The Kier molecular flexibility index (Phi) is 8.87. The van der Waals surface area contributed by atoms with E-state index in [1.165, 1.54) is 4.68 Å². The topological polar surface area (TPSA) is 99.5 Å². The van der Waals surface area contributed by atoms with Gasteiger partial charge in [-0.2, -0.15) is 9.78 Å². The minimum Gasteiger partial charge on any atom is -0.497 e. The molecule has 1 heterocycles. The second-order valence-corrected chi connectivity index (χ2v) is 10.8. The number of nitrogens with zero attached hydrogens (tertiary/aromatic N) is 2. The molecule has 1 aromatic heterocycles. The number of methoxy groups -OCH3 is 1. The van der Waals surface area contributed by atoms with Crippen LogP contribution >= 0.6 is 0 Å². The van der Waals surface area contributed by atoms with Gasteiger partial charge in [0, 0.05) is 16.5 Å². The average Bonchev–Trinajstić information content (AvgIpc) is 3.32. The first-order valence-electron chi connectivity index (χ1n) is 13.7. The number of aromatic nitrogens is 2. The number of esters is 1. The highest BCUT2D eigenvalue weighted by molar-refractivity contribution is 6.11. The second kappa shape index (κ2) is 12.3. The quantitative estimate of drug-likeness (QED) is 0.258. The van der Waals surface area contributed by atoms with E-state index < -0.39 is 23.2 Å². The molecule has 2 aromatic carbocycles. The molecule has 8 nitrogen and oxygen atoms in total. The molecule has 0 saturated carbocycles. The third kappa shape index (κ3) is 6.17. The largest absolute Gasteiger partial charge is 0.497 e. The summed E-state index contributed by atoms with van der Waals surface area (Å²) in [7, 11) is 1.55. The van der Waals surface area contributed by atoms with Crippen molar-refractivity contribution in [1.29, 1.82) is 0 Å². The molecule has 0 fully saturated rings. The zero-order chi connectivity index (χ0) is 28.9. The number of anilines is 1. The van der Waals surface area contributed by atoms with Gasteiger partial charge in [0.15, 0.2) is 5.92 Å². The number of carbonyl (C=O) groups is 3. The molecule has 3 aromatic rings. The Labute approximate surface area is 235 Å². The van der Waals surface area contributed by atoms with Crippen molar-refractivity contribution in [2.45, 2.75) is 59.3 Å². The van der Waals surface area contributed by atoms with Crippen LogP contribution in [0.25, 0.3) is 16.8 Å². The van der Waals surface area contributed by atoms with E-state index in [0.717, 1.165) is 36.8 Å². The van der Waals surface area contributed by atoms with Gasteiger partial charge in [0.05, 0.1) is 13.7 Å². The predicted molar refractivity (Wildman–Crippen MR) is 155 cm³/mol. The summed E-state index contributed by atoms with van der Waals surface area (Å²) in [6, 6.07) is 16.3. The van der Waals surface area contributed by atoms with Crippen molar-refractivity contribution in [3.63, 3.8) is 0 Å². The Balaban J connectivity index is 1.89. The Morgan fingerprint density at radius 3 is 2.30 bits per heavy atom. The van der Waals surface area contributed by atoms with E-state index >= 15 is 0 Å². The van der Waals surface area contributed by atoms with E-state index in [-0.39, 0.29) is 18.3 Å². The number of allylic oxidation sites excluding steroid dienone is 2. The van der Waals surface area contributed by atoms with Crippen LogP contribution in [0.15, 0.2) is 60.7 Å². The standard InChI is InChI=1S/C32H37N3O5/c1-6-40-30(37)26(22-17-19-24(39-5)20-18-22)29(36)33-28-25(21-13-9-7-10-14-21)27(23-15-11-8-12-16-23)34-35(28)31(38)32(2,3)4/h8,11-13,15-20,26H,6-7,9-10,14H2,1-5H3,(H,33,36). The number of hydrogen-bond acceptors (Lipinski definition) is 6. The van der Waals surface area contributed by atoms with Crippen LogP contribution in [0, 0.1) is 5.41 Å². The first-order chi connectivity index (χ1) is 19.2. The lowest BCUT2D eigenvalue weighted by molar-refractivity contribution is -0.147. The summed E-state index contributed by atoms with van der Waals surface area (Å²) < 4.78 is 11.8. The molecule has 1 N–H and O–H groups in total. The summed E-state index contributed by atoms with van der Waals surface area (Å²) in [4.78, 5) is 40.8. The van der Waals surface area contributed by atoms with Gasteiger partial charge in [-0.15, -0.1) is 0 Å². The van der Waals surface area contributed by atoms with Crippen LogP contribution in [-0.4, -0.2) is 41.3 Å². The molecule has 8 heteroatoms. The molecule has 40 heavy (non-hydrogen) atoms. The van der Waals surface area contributed by atoms with Crippen LogP contribution in [-0.2, 0) is 14.3 Å². The van der Waals surface area contributed by atoms with E-state index in [1.54, 1.807) is 38.3 Å². The minimum absolute atomic E-state index is 0.121. The molecular formula is C32H37N3O5. The molecule has 1 aliphatic carbocycles. The van der Waals surface area contributed by atoms with Gasteiger partial charge in [0.1, 0.15) is 17.3 Å². The highest BCUT2D eigenvalue weighted by Gasteiger charge is 2.35. The Hall–Kier alpha value is -4.20. The Morgan fingerprint density at radius 1 is 1.02 bits per heavy atom. The number of ether oxygens (including phenoxy) is 2. The van der Waals surface area contributed by atoms with Crippen molar-refractivity contribution < 1.29 is 23.9 Å². The van der Waals surface area contributed by atoms with Crippen LogP contribution in [0.4, 0.5) is 5.82 Å². The fraction of sp³-hybridized carbons (Fsp3) is 0.375. The molecule has 0 saturated heterocycles. The van der Waals surface area contributed by atoms with Crippen LogP contribution in [0.5, 0.6) is 5.75 Å². The molecule has 1 unspecified atom stereocenters. The lowest BCUT2D eigenvalue weighted by Crippen LogP contribution is -2.33. The Morgan fingerprint density at radius 2 is 1.73 bits per heavy atom. The summed E-state index contributed by atoms with van der Waals surface area (Å²) in [5.74, 6) is -1.96. The maximum atomic E-state index is 14.0. The summed E-state index contributed by atoms with van der Waals surface area (Å²) >= 11 is 0. The highest BCUT2D eigenvalue weighted by atomic mass is 16.5. The highest BCUT2D eigenvalue weighted by Crippen LogP contribution is 2.40. The van der Waals surface area contributed by atoms with Gasteiger partial charge in [0.25, 0.3) is 5.91 Å². The lowest BCUT2D eigenvalue weighted by atomic mass is 9.91. The molecule has 0 bridgehead atoms. The number of hydrogen-bond donors (Lipinski definition) is 1. The molecular weight excluding hydrogens is 506 g/mol. The van der Waals surface area contributed by atoms with Gasteiger partial charge in [0.2, 0.25) is 5.91 Å². The smallest absolute Gasteiger partial charge is 0.323 e. The number of benzene rings is 2. The van der Waals surface area contributed by atoms with Crippen molar-refractivity contribution in [3.8, 4) is 17.0 Å². The number of nitrogens with one attached hydrogen (secondary N) is 1. The fourth-order valence-electron chi connectivity index (χ4n) is 4.77. The summed E-state index contributed by atoms with van der Waals surface area (Å²) in [6.07, 6.45) is 5.90. The van der Waals surface area contributed by atoms with Crippen molar-refractivity contribution in [1.82, 2.24) is 9.78 Å². The lowest BCUT2D eigenvalue weighted by Gasteiger charge is -2.21. The van der Waals surface area contributed by atoms with Crippen molar-refractivity contribution in [2.75, 3.05) is 19.0 Å². The zero-order valence-electron chi connectivity index (χ0n) is 23.8.